The molecule has 1 atom stereocenters. The van der Waals surface area contributed by atoms with Crippen LogP contribution in [0.15, 0.2) is 152 Å². The lowest BCUT2D eigenvalue weighted by Gasteiger charge is -2.32. The van der Waals surface area contributed by atoms with Crippen LogP contribution in [0, 0.1) is 0 Å². The van der Waals surface area contributed by atoms with E-state index >= 15 is 0 Å². The molecule has 0 saturated carbocycles. The van der Waals surface area contributed by atoms with E-state index in [4.69, 9.17) is 4.43 Å². The van der Waals surface area contributed by atoms with Gasteiger partial charge < -0.3 is 4.43 Å². The summed E-state index contributed by atoms with van der Waals surface area (Å²) in [5.74, 6) is 0. The zero-order chi connectivity index (χ0) is 34.7. The standard InChI is InChI=1S/C46H48OP2Si/c1-46(2,3)42-30-37-31-43(47-50(4)5)36-29-27-34(44(33-36)48(38-18-10-6-11-19-38)39-20-12-7-13-21-39)26-28-35(42)32-45(37)49(40-22-14-8-15-23-40)41-24-16-9-17-25-41/h6-25,27,29-30,32-33,43,50H,26,28,31H2,1-5H3. The molecule has 4 aliphatic rings. The highest BCUT2D eigenvalue weighted by atomic mass is 31.1. The van der Waals surface area contributed by atoms with E-state index in [1.54, 1.807) is 0 Å². The average molecular weight is 707 g/mol. The lowest BCUT2D eigenvalue weighted by atomic mass is 9.80. The van der Waals surface area contributed by atoms with Gasteiger partial charge in [-0.3, -0.25) is 0 Å². The predicted octanol–water partition coefficient (Wildman–Crippen LogP) is 8.88. The molecule has 0 spiro atoms. The Hall–Kier alpha value is -3.64. The first-order chi connectivity index (χ1) is 24.3. The minimum absolute atomic E-state index is 0.0156. The van der Waals surface area contributed by atoms with Crippen molar-refractivity contribution in [3.63, 3.8) is 0 Å². The Labute approximate surface area is 304 Å². The summed E-state index contributed by atoms with van der Waals surface area (Å²) in [5, 5.41) is 8.53. The third-order valence-electron chi connectivity index (χ3n) is 9.64. The van der Waals surface area contributed by atoms with Crippen LogP contribution in [0.25, 0.3) is 0 Å². The van der Waals surface area contributed by atoms with E-state index in [9.17, 15) is 0 Å². The van der Waals surface area contributed by atoms with E-state index in [0.717, 1.165) is 19.3 Å². The Morgan fingerprint density at radius 2 is 0.960 bits per heavy atom. The molecule has 6 aromatic carbocycles. The molecule has 0 aromatic heterocycles. The van der Waals surface area contributed by atoms with Gasteiger partial charge in [-0.05, 0) is 113 Å². The highest BCUT2D eigenvalue weighted by Gasteiger charge is 2.30. The van der Waals surface area contributed by atoms with Crippen LogP contribution < -0.4 is 31.8 Å². The highest BCUT2D eigenvalue weighted by Crippen LogP contribution is 2.41. The number of aryl methyl sites for hydroxylation is 2. The van der Waals surface area contributed by atoms with Crippen LogP contribution in [0.3, 0.4) is 0 Å². The second-order valence-corrected chi connectivity index (χ2v) is 21.4. The molecule has 0 fully saturated rings. The lowest BCUT2D eigenvalue weighted by molar-refractivity contribution is 0.210. The van der Waals surface area contributed by atoms with Crippen molar-refractivity contribution >= 4 is 56.7 Å². The number of hydrogen-bond donors (Lipinski definition) is 0. The van der Waals surface area contributed by atoms with Gasteiger partial charge in [-0.2, -0.15) is 0 Å². The second-order valence-electron chi connectivity index (χ2n) is 14.7. The van der Waals surface area contributed by atoms with Crippen LogP contribution >= 0.6 is 15.8 Å². The minimum atomic E-state index is -1.40. The topological polar surface area (TPSA) is 9.23 Å². The third-order valence-corrected chi connectivity index (χ3v) is 15.6. The Kier molecular flexibility index (Phi) is 10.7. The minimum Gasteiger partial charge on any atom is -0.413 e. The van der Waals surface area contributed by atoms with Gasteiger partial charge in [-0.1, -0.05) is 166 Å². The fourth-order valence-corrected chi connectivity index (χ4v) is 13.3. The molecule has 0 N–H and O–H groups in total. The predicted molar refractivity (Wildman–Crippen MR) is 223 cm³/mol. The van der Waals surface area contributed by atoms with Gasteiger partial charge in [-0.25, -0.2) is 0 Å². The van der Waals surface area contributed by atoms with Gasteiger partial charge >= 0.3 is 0 Å². The van der Waals surface area contributed by atoms with Gasteiger partial charge in [0.15, 0.2) is 9.04 Å². The van der Waals surface area contributed by atoms with E-state index in [0.29, 0.717) is 0 Å². The quantitative estimate of drug-likeness (QED) is 0.114. The molecule has 4 aliphatic carbocycles. The average Bonchev–Trinajstić information content (AvgIpc) is 3.12. The van der Waals surface area contributed by atoms with Crippen molar-refractivity contribution in [1.29, 1.82) is 0 Å². The molecule has 50 heavy (non-hydrogen) atoms. The van der Waals surface area contributed by atoms with E-state index < -0.39 is 24.9 Å². The first-order valence-corrected chi connectivity index (χ1v) is 23.5. The van der Waals surface area contributed by atoms with E-state index in [2.05, 4.69) is 186 Å². The summed E-state index contributed by atoms with van der Waals surface area (Å²) in [6.07, 6.45) is 2.84. The van der Waals surface area contributed by atoms with E-state index in [-0.39, 0.29) is 11.5 Å². The number of hydrogen-bond acceptors (Lipinski definition) is 1. The van der Waals surface area contributed by atoms with Crippen LogP contribution in [0.5, 0.6) is 0 Å². The molecule has 4 bridgehead atoms. The van der Waals surface area contributed by atoms with Crippen molar-refractivity contribution in [1.82, 2.24) is 0 Å². The highest BCUT2D eigenvalue weighted by molar-refractivity contribution is 7.80. The van der Waals surface area contributed by atoms with Crippen molar-refractivity contribution in [2.24, 2.45) is 0 Å². The van der Waals surface area contributed by atoms with Gasteiger partial charge in [0.25, 0.3) is 0 Å². The summed E-state index contributed by atoms with van der Waals surface area (Å²) in [6.45, 7) is 11.8. The van der Waals surface area contributed by atoms with Crippen LogP contribution in [0.1, 0.15) is 54.7 Å². The molecule has 1 unspecified atom stereocenters. The molecule has 252 valence electrons. The fraction of sp³-hybridized carbons (Fsp3) is 0.217. The summed E-state index contributed by atoms with van der Waals surface area (Å²) in [7, 11) is -2.91. The van der Waals surface area contributed by atoms with Gasteiger partial charge in [0.1, 0.15) is 0 Å². The number of rotatable bonds is 8. The molecule has 10 rings (SSSR count). The normalized spacial score (nSPS) is 14.7. The van der Waals surface area contributed by atoms with Crippen molar-refractivity contribution < 1.29 is 4.43 Å². The van der Waals surface area contributed by atoms with Crippen molar-refractivity contribution in [2.75, 3.05) is 0 Å². The van der Waals surface area contributed by atoms with Crippen molar-refractivity contribution in [2.45, 2.75) is 64.6 Å². The van der Waals surface area contributed by atoms with E-state index in [1.165, 1.54) is 59.6 Å². The molecule has 0 amide bonds. The van der Waals surface area contributed by atoms with E-state index in [1.807, 2.05) is 0 Å². The first kappa shape index (κ1) is 34.8. The molecule has 4 heteroatoms. The maximum absolute atomic E-state index is 7.10. The first-order valence-electron chi connectivity index (χ1n) is 18.0. The van der Waals surface area contributed by atoms with Gasteiger partial charge in [-0.15, -0.1) is 0 Å². The van der Waals surface area contributed by atoms with Gasteiger partial charge in [0.05, 0.1) is 6.10 Å². The Bertz CT molecular complexity index is 1940. The maximum atomic E-state index is 7.10. The summed E-state index contributed by atoms with van der Waals surface area (Å²) >= 11 is 0. The summed E-state index contributed by atoms with van der Waals surface area (Å²) < 4.78 is 7.10. The molecule has 0 saturated heterocycles. The molecule has 6 aromatic rings. The maximum Gasteiger partial charge on any atom is 0.171 e. The molecule has 0 heterocycles. The van der Waals surface area contributed by atoms with Crippen LogP contribution in [0.2, 0.25) is 13.1 Å². The Morgan fingerprint density at radius 3 is 1.40 bits per heavy atom. The van der Waals surface area contributed by atoms with Crippen LogP contribution in [-0.2, 0) is 29.1 Å². The zero-order valence-electron chi connectivity index (χ0n) is 30.0. The monoisotopic (exact) mass is 706 g/mol. The van der Waals surface area contributed by atoms with Gasteiger partial charge in [0.2, 0.25) is 0 Å². The van der Waals surface area contributed by atoms with Crippen molar-refractivity contribution in [3.8, 4) is 0 Å². The molecule has 0 aliphatic heterocycles. The summed E-state index contributed by atoms with van der Waals surface area (Å²) in [6, 6.07) is 57.3. The fourth-order valence-electron chi connectivity index (χ4n) is 7.36. The largest absolute Gasteiger partial charge is 0.413 e. The van der Waals surface area contributed by atoms with Gasteiger partial charge in [0, 0.05) is 6.42 Å². The zero-order valence-corrected chi connectivity index (χ0v) is 33.0. The summed E-state index contributed by atoms with van der Waals surface area (Å²) in [4.78, 5) is 0. The molecule has 1 nitrogen and oxygen atoms in total. The smallest absolute Gasteiger partial charge is 0.171 e. The Morgan fingerprint density at radius 1 is 0.520 bits per heavy atom. The summed E-state index contributed by atoms with van der Waals surface area (Å²) in [5.41, 5.74) is 7.15. The molecular weight excluding hydrogens is 659 g/mol. The Balaban J connectivity index is 1.46. The van der Waals surface area contributed by atoms with Crippen LogP contribution in [-0.4, -0.2) is 9.04 Å². The number of benzene rings is 6. The lowest BCUT2D eigenvalue weighted by Crippen LogP contribution is -2.29. The second kappa shape index (κ2) is 15.3. The molecular formula is C46H48OP2Si. The van der Waals surface area contributed by atoms with Crippen LogP contribution in [0.4, 0.5) is 0 Å². The molecule has 0 radical (unpaired) electrons. The third kappa shape index (κ3) is 7.66. The van der Waals surface area contributed by atoms with Crippen molar-refractivity contribution in [3.05, 3.63) is 179 Å². The SMILES string of the molecule is C[SiH](C)OC1Cc2cc(C(C)(C)C)c(cc2P(c2ccccc2)c2ccccc2)CCc2ccc1cc2P(c1ccccc1)c1ccccc1.